The minimum absolute atomic E-state index is 0.0290. The van der Waals surface area contributed by atoms with Crippen LogP contribution in [0.5, 0.6) is 0 Å². The molecule has 0 bridgehead atoms. The topological polar surface area (TPSA) is 46.3 Å². The number of likely N-dealkylation sites (tertiary alicyclic amines) is 1. The second kappa shape index (κ2) is 6.19. The van der Waals surface area contributed by atoms with Gasteiger partial charge in [0.2, 0.25) is 0 Å². The van der Waals surface area contributed by atoms with Crippen LogP contribution in [0.15, 0.2) is 40.9 Å². The normalized spacial score (nSPS) is 21.4. The van der Waals surface area contributed by atoms with E-state index in [1.165, 1.54) is 12.0 Å². The van der Waals surface area contributed by atoms with E-state index in [2.05, 4.69) is 29.4 Å². The molecule has 0 unspecified atom stereocenters. The van der Waals surface area contributed by atoms with E-state index in [0.29, 0.717) is 11.6 Å². The largest absolute Gasteiger partial charge is 0.360 e. The number of benzene rings is 1. The fourth-order valence-corrected chi connectivity index (χ4v) is 3.46. The first-order valence-corrected chi connectivity index (χ1v) is 8.63. The molecule has 0 spiro atoms. The molecule has 0 N–H and O–H groups in total. The number of hydrogen-bond acceptors (Lipinski definition) is 3. The van der Waals surface area contributed by atoms with Crippen LogP contribution in [0.1, 0.15) is 59.8 Å². The van der Waals surface area contributed by atoms with Crippen LogP contribution in [0.4, 0.5) is 0 Å². The Kier molecular flexibility index (Phi) is 3.90. The Morgan fingerprint density at radius 3 is 2.78 bits per heavy atom. The Balaban J connectivity index is 1.50. The molecule has 4 nitrogen and oxygen atoms in total. The molecule has 2 aromatic rings. The van der Waals surface area contributed by atoms with Gasteiger partial charge >= 0.3 is 0 Å². The predicted octanol–water partition coefficient (Wildman–Crippen LogP) is 3.79. The van der Waals surface area contributed by atoms with Crippen LogP contribution in [-0.2, 0) is 6.42 Å². The predicted molar refractivity (Wildman–Crippen MR) is 87.3 cm³/mol. The van der Waals surface area contributed by atoms with Crippen molar-refractivity contribution in [1.29, 1.82) is 0 Å². The van der Waals surface area contributed by atoms with Crippen LogP contribution in [0, 0.1) is 0 Å². The average Bonchev–Trinajstić information content (AvgIpc) is 3.33. The molecule has 120 valence electrons. The third-order valence-electron chi connectivity index (χ3n) is 4.93. The fourth-order valence-electron chi connectivity index (χ4n) is 3.46. The second-order valence-electron chi connectivity index (χ2n) is 6.73. The van der Waals surface area contributed by atoms with Crippen molar-refractivity contribution in [2.24, 2.45) is 0 Å². The number of amides is 1. The summed E-state index contributed by atoms with van der Waals surface area (Å²) in [6.45, 7) is 0.821. The summed E-state index contributed by atoms with van der Waals surface area (Å²) < 4.78 is 5.36. The molecule has 1 saturated heterocycles. The molecule has 1 aliphatic carbocycles. The standard InChI is InChI=1S/C19H22N2O2/c22-19(17-13-18(23-20-17)15-9-10-15)21-11-5-4-8-16(21)12-14-6-2-1-3-7-14/h1-3,6-7,13,15-16H,4-5,8-12H2/t16-/m0/s1. The maximum Gasteiger partial charge on any atom is 0.276 e. The summed E-state index contributed by atoms with van der Waals surface area (Å²) in [6, 6.07) is 12.5. The minimum atomic E-state index is 0.0290. The molecule has 4 heteroatoms. The van der Waals surface area contributed by atoms with E-state index in [0.717, 1.165) is 44.4 Å². The zero-order valence-electron chi connectivity index (χ0n) is 13.3. The van der Waals surface area contributed by atoms with Gasteiger partial charge in [0.15, 0.2) is 5.69 Å². The number of aromatic nitrogens is 1. The van der Waals surface area contributed by atoms with Gasteiger partial charge in [0.05, 0.1) is 0 Å². The van der Waals surface area contributed by atoms with E-state index in [1.807, 2.05) is 17.0 Å². The van der Waals surface area contributed by atoms with Crippen molar-refractivity contribution in [2.45, 2.75) is 50.5 Å². The van der Waals surface area contributed by atoms with Gasteiger partial charge in [-0.2, -0.15) is 0 Å². The maximum absolute atomic E-state index is 12.9. The fraction of sp³-hybridized carbons (Fsp3) is 0.474. The highest BCUT2D eigenvalue weighted by atomic mass is 16.5. The number of rotatable bonds is 4. The first-order valence-electron chi connectivity index (χ1n) is 8.63. The van der Waals surface area contributed by atoms with E-state index in [4.69, 9.17) is 4.52 Å². The summed E-state index contributed by atoms with van der Waals surface area (Å²) >= 11 is 0. The van der Waals surface area contributed by atoms with E-state index in [-0.39, 0.29) is 11.9 Å². The molecular formula is C19H22N2O2. The van der Waals surface area contributed by atoms with Gasteiger partial charge in [-0.05, 0) is 44.1 Å². The molecule has 1 aromatic heterocycles. The first kappa shape index (κ1) is 14.5. The Morgan fingerprint density at radius 2 is 2.00 bits per heavy atom. The third-order valence-corrected chi connectivity index (χ3v) is 4.93. The van der Waals surface area contributed by atoms with E-state index in [1.54, 1.807) is 0 Å². The lowest BCUT2D eigenvalue weighted by Crippen LogP contribution is -2.45. The Morgan fingerprint density at radius 1 is 1.17 bits per heavy atom. The molecule has 1 atom stereocenters. The highest BCUT2D eigenvalue weighted by Crippen LogP contribution is 2.40. The van der Waals surface area contributed by atoms with Crippen LogP contribution in [0.25, 0.3) is 0 Å². The van der Waals surface area contributed by atoms with Crippen molar-refractivity contribution in [3.05, 3.63) is 53.4 Å². The van der Waals surface area contributed by atoms with Gasteiger partial charge in [-0.3, -0.25) is 4.79 Å². The summed E-state index contributed by atoms with van der Waals surface area (Å²) in [7, 11) is 0. The van der Waals surface area contributed by atoms with Crippen LogP contribution in [-0.4, -0.2) is 28.6 Å². The zero-order chi connectivity index (χ0) is 15.6. The number of carbonyl (C=O) groups excluding carboxylic acids is 1. The lowest BCUT2D eigenvalue weighted by Gasteiger charge is -2.35. The van der Waals surface area contributed by atoms with Crippen LogP contribution in [0.3, 0.4) is 0 Å². The summed E-state index contributed by atoms with van der Waals surface area (Å²) in [5.74, 6) is 1.40. The van der Waals surface area contributed by atoms with Gasteiger partial charge in [0.25, 0.3) is 5.91 Å². The molecule has 1 amide bonds. The van der Waals surface area contributed by atoms with Crippen molar-refractivity contribution in [3.63, 3.8) is 0 Å². The molecule has 4 rings (SSSR count). The molecule has 23 heavy (non-hydrogen) atoms. The summed E-state index contributed by atoms with van der Waals surface area (Å²) in [5, 5.41) is 4.03. The third kappa shape index (κ3) is 3.16. The van der Waals surface area contributed by atoms with Crippen molar-refractivity contribution in [3.8, 4) is 0 Å². The molecule has 2 aliphatic rings. The van der Waals surface area contributed by atoms with Crippen molar-refractivity contribution in [2.75, 3.05) is 6.54 Å². The van der Waals surface area contributed by atoms with Crippen LogP contribution in [0.2, 0.25) is 0 Å². The molecule has 1 aromatic carbocycles. The van der Waals surface area contributed by atoms with Gasteiger partial charge in [-0.15, -0.1) is 0 Å². The summed E-state index contributed by atoms with van der Waals surface area (Å²) in [5.41, 5.74) is 1.77. The average molecular weight is 310 g/mol. The molecule has 0 radical (unpaired) electrons. The van der Waals surface area contributed by atoms with Crippen LogP contribution >= 0.6 is 0 Å². The molecular weight excluding hydrogens is 288 g/mol. The SMILES string of the molecule is O=C(c1cc(C2CC2)on1)N1CCCC[C@H]1Cc1ccccc1. The van der Waals surface area contributed by atoms with Crippen molar-refractivity contribution in [1.82, 2.24) is 10.1 Å². The van der Waals surface area contributed by atoms with E-state index >= 15 is 0 Å². The number of carbonyl (C=O) groups is 1. The summed E-state index contributed by atoms with van der Waals surface area (Å²) in [4.78, 5) is 14.9. The van der Waals surface area contributed by atoms with Crippen LogP contribution < -0.4 is 0 Å². The zero-order valence-corrected chi connectivity index (χ0v) is 13.3. The highest BCUT2D eigenvalue weighted by Gasteiger charge is 2.32. The summed E-state index contributed by atoms with van der Waals surface area (Å²) in [6.07, 6.45) is 6.55. The molecule has 1 aliphatic heterocycles. The number of piperidine rings is 1. The lowest BCUT2D eigenvalue weighted by atomic mass is 9.95. The van der Waals surface area contributed by atoms with Crippen molar-refractivity contribution < 1.29 is 9.32 Å². The van der Waals surface area contributed by atoms with E-state index in [9.17, 15) is 4.79 Å². The van der Waals surface area contributed by atoms with Gasteiger partial charge in [-0.25, -0.2) is 0 Å². The molecule has 1 saturated carbocycles. The quantitative estimate of drug-likeness (QED) is 0.863. The monoisotopic (exact) mass is 310 g/mol. The molecule has 2 fully saturated rings. The molecule has 2 heterocycles. The smallest absolute Gasteiger partial charge is 0.276 e. The Bertz CT molecular complexity index is 676. The minimum Gasteiger partial charge on any atom is -0.360 e. The van der Waals surface area contributed by atoms with Gasteiger partial charge in [-0.1, -0.05) is 35.5 Å². The van der Waals surface area contributed by atoms with Gasteiger partial charge in [0.1, 0.15) is 5.76 Å². The maximum atomic E-state index is 12.9. The van der Waals surface area contributed by atoms with Gasteiger partial charge in [0, 0.05) is 24.6 Å². The number of hydrogen-bond donors (Lipinski definition) is 0. The Hall–Kier alpha value is -2.10. The van der Waals surface area contributed by atoms with Gasteiger partial charge < -0.3 is 9.42 Å². The lowest BCUT2D eigenvalue weighted by molar-refractivity contribution is 0.0603. The highest BCUT2D eigenvalue weighted by molar-refractivity contribution is 5.92. The van der Waals surface area contributed by atoms with E-state index < -0.39 is 0 Å². The second-order valence-corrected chi connectivity index (χ2v) is 6.73. The number of nitrogens with zero attached hydrogens (tertiary/aromatic N) is 2. The Labute approximate surface area is 136 Å². The van der Waals surface area contributed by atoms with Crippen molar-refractivity contribution >= 4 is 5.91 Å². The first-order chi connectivity index (χ1) is 11.3.